The molecular formula is C36H38N4. The van der Waals surface area contributed by atoms with Crippen LogP contribution in [0.2, 0.25) is 0 Å². The highest BCUT2D eigenvalue weighted by Crippen LogP contribution is 2.43. The summed E-state index contributed by atoms with van der Waals surface area (Å²) >= 11 is 0. The zero-order chi connectivity index (χ0) is 27.0. The van der Waals surface area contributed by atoms with E-state index in [1.165, 1.54) is 35.1 Å². The molecule has 0 aliphatic carbocycles. The fraction of sp³-hybridized carbons (Fsp3) is 0.278. The first kappa shape index (κ1) is 26.1. The molecule has 0 radical (unpaired) electrons. The lowest BCUT2D eigenvalue weighted by atomic mass is 9.89. The van der Waals surface area contributed by atoms with Crippen molar-refractivity contribution in [2.75, 3.05) is 0 Å². The van der Waals surface area contributed by atoms with Crippen molar-refractivity contribution in [1.29, 1.82) is 0 Å². The lowest BCUT2D eigenvalue weighted by Gasteiger charge is -2.41. The van der Waals surface area contributed by atoms with Crippen LogP contribution in [0, 0.1) is 0 Å². The lowest BCUT2D eigenvalue weighted by Crippen LogP contribution is -2.33. The van der Waals surface area contributed by atoms with E-state index in [1.807, 2.05) is 12.4 Å². The summed E-state index contributed by atoms with van der Waals surface area (Å²) in [7, 11) is 0. The van der Waals surface area contributed by atoms with E-state index in [-0.39, 0.29) is 24.2 Å². The van der Waals surface area contributed by atoms with Crippen LogP contribution in [-0.2, 0) is 0 Å². The van der Waals surface area contributed by atoms with Crippen LogP contribution in [0.25, 0.3) is 0 Å². The van der Waals surface area contributed by atoms with Crippen LogP contribution in [0.1, 0.15) is 84.9 Å². The molecule has 4 aromatic carbocycles. The molecule has 40 heavy (non-hydrogen) atoms. The van der Waals surface area contributed by atoms with Crippen molar-refractivity contribution in [3.05, 3.63) is 144 Å². The average molecular weight is 527 g/mol. The van der Waals surface area contributed by atoms with Gasteiger partial charge in [-0.25, -0.2) is 0 Å². The van der Waals surface area contributed by atoms with Crippen LogP contribution in [0.5, 0.6) is 0 Å². The van der Waals surface area contributed by atoms with Crippen LogP contribution in [-0.4, -0.2) is 22.4 Å². The van der Waals surface area contributed by atoms with Gasteiger partial charge in [0.1, 0.15) is 0 Å². The fourth-order valence-corrected chi connectivity index (χ4v) is 6.49. The minimum Gasteiger partial charge on any atom is -0.282 e. The SMILES string of the molecule is C(/C=N/N1[C@H](c2ccccc2)CCC[C@H]1c1ccccc1)=N\N1[C@H](c2ccccc2)CCC[C@H]1c1ccccc1. The summed E-state index contributed by atoms with van der Waals surface area (Å²) < 4.78 is 0. The topological polar surface area (TPSA) is 31.2 Å². The van der Waals surface area contributed by atoms with Crippen LogP contribution in [0.15, 0.2) is 132 Å². The Bertz CT molecular complexity index is 1170. The van der Waals surface area contributed by atoms with Crippen molar-refractivity contribution < 1.29 is 0 Å². The summed E-state index contributed by atoms with van der Waals surface area (Å²) in [4.78, 5) is 0. The van der Waals surface area contributed by atoms with E-state index in [0.717, 1.165) is 25.7 Å². The van der Waals surface area contributed by atoms with Crippen LogP contribution in [0.3, 0.4) is 0 Å². The molecule has 0 amide bonds. The van der Waals surface area contributed by atoms with Crippen molar-refractivity contribution in [2.45, 2.75) is 62.7 Å². The normalized spacial score (nSPS) is 23.6. The molecule has 0 saturated carbocycles. The Labute approximate surface area is 238 Å². The summed E-state index contributed by atoms with van der Waals surface area (Å²) in [5.74, 6) is 0. The minimum absolute atomic E-state index is 0.244. The Morgan fingerprint density at radius 2 is 0.650 bits per heavy atom. The van der Waals surface area contributed by atoms with Crippen molar-refractivity contribution >= 4 is 12.4 Å². The van der Waals surface area contributed by atoms with E-state index in [1.54, 1.807) is 0 Å². The van der Waals surface area contributed by atoms with E-state index >= 15 is 0 Å². The highest BCUT2D eigenvalue weighted by molar-refractivity contribution is 6.15. The summed E-state index contributed by atoms with van der Waals surface area (Å²) in [6.07, 6.45) is 10.6. The van der Waals surface area contributed by atoms with Gasteiger partial charge in [-0.2, -0.15) is 10.2 Å². The average Bonchev–Trinajstić information content (AvgIpc) is 3.04. The molecule has 4 atom stereocenters. The molecule has 6 rings (SSSR count). The van der Waals surface area contributed by atoms with Crippen molar-refractivity contribution in [2.24, 2.45) is 10.2 Å². The molecule has 4 nitrogen and oxygen atoms in total. The Morgan fingerprint density at radius 3 is 0.900 bits per heavy atom. The maximum Gasteiger partial charge on any atom is 0.0727 e. The molecule has 0 bridgehead atoms. The second-order valence-corrected chi connectivity index (χ2v) is 10.9. The standard InChI is InChI=1S/C36H38N4/c1-5-15-29(16-6-1)33-23-13-24-34(30-17-7-2-8-18-30)39(33)37-27-28-38-40-35(31-19-9-3-10-20-31)25-14-26-36(40)32-21-11-4-12-22-32/h1-12,15-22,27-28,33-36H,13-14,23-26H2/b37-27+,38-28+/t33-,34-,35-,36-/m0/s1. The predicted octanol–water partition coefficient (Wildman–Crippen LogP) is 8.90. The highest BCUT2D eigenvalue weighted by Gasteiger charge is 2.33. The van der Waals surface area contributed by atoms with Gasteiger partial charge >= 0.3 is 0 Å². The fourth-order valence-electron chi connectivity index (χ4n) is 6.49. The number of hydrazone groups is 2. The molecule has 2 aliphatic rings. The van der Waals surface area contributed by atoms with Gasteiger partial charge in [-0.3, -0.25) is 10.0 Å². The molecule has 202 valence electrons. The molecule has 0 N–H and O–H groups in total. The van der Waals surface area contributed by atoms with Gasteiger partial charge in [0.05, 0.1) is 36.6 Å². The number of nitrogens with zero attached hydrogens (tertiary/aromatic N) is 4. The summed E-state index contributed by atoms with van der Waals surface area (Å²) in [5, 5.41) is 14.9. The van der Waals surface area contributed by atoms with E-state index in [2.05, 4.69) is 131 Å². The highest BCUT2D eigenvalue weighted by atomic mass is 15.5. The minimum atomic E-state index is 0.244. The van der Waals surface area contributed by atoms with Crippen molar-refractivity contribution in [3.63, 3.8) is 0 Å². The zero-order valence-corrected chi connectivity index (χ0v) is 23.0. The molecule has 2 fully saturated rings. The molecule has 0 unspecified atom stereocenters. The molecule has 0 aromatic heterocycles. The van der Waals surface area contributed by atoms with Crippen molar-refractivity contribution in [1.82, 2.24) is 10.0 Å². The van der Waals surface area contributed by atoms with Crippen LogP contribution >= 0.6 is 0 Å². The van der Waals surface area contributed by atoms with Gasteiger partial charge in [0.2, 0.25) is 0 Å². The quantitative estimate of drug-likeness (QED) is 0.225. The molecular weight excluding hydrogens is 488 g/mol. The Morgan fingerprint density at radius 1 is 0.400 bits per heavy atom. The van der Waals surface area contributed by atoms with Crippen LogP contribution < -0.4 is 0 Å². The van der Waals surface area contributed by atoms with Gasteiger partial charge < -0.3 is 0 Å². The van der Waals surface area contributed by atoms with E-state index in [9.17, 15) is 0 Å². The van der Waals surface area contributed by atoms with Gasteiger partial charge in [0, 0.05) is 0 Å². The molecule has 2 saturated heterocycles. The first-order valence-corrected chi connectivity index (χ1v) is 14.7. The van der Waals surface area contributed by atoms with Gasteiger partial charge in [-0.1, -0.05) is 121 Å². The first-order chi connectivity index (χ1) is 19.9. The van der Waals surface area contributed by atoms with Crippen LogP contribution in [0.4, 0.5) is 0 Å². The van der Waals surface area contributed by atoms with Gasteiger partial charge in [-0.15, -0.1) is 0 Å². The van der Waals surface area contributed by atoms with E-state index < -0.39 is 0 Å². The largest absolute Gasteiger partial charge is 0.282 e. The molecule has 2 aliphatic heterocycles. The summed E-state index contributed by atoms with van der Waals surface area (Å²) in [5.41, 5.74) is 5.28. The molecule has 2 heterocycles. The number of piperidine rings is 2. The molecule has 4 heteroatoms. The second kappa shape index (κ2) is 12.8. The second-order valence-electron chi connectivity index (χ2n) is 10.9. The summed E-state index contributed by atoms with van der Waals surface area (Å²) in [6.45, 7) is 0. The predicted molar refractivity (Wildman–Crippen MR) is 165 cm³/mol. The Balaban J connectivity index is 1.30. The Hall–Kier alpha value is -4.18. The maximum atomic E-state index is 5.11. The molecule has 4 aromatic rings. The maximum absolute atomic E-state index is 5.11. The number of benzene rings is 4. The van der Waals surface area contributed by atoms with Crippen molar-refractivity contribution in [3.8, 4) is 0 Å². The monoisotopic (exact) mass is 526 g/mol. The third kappa shape index (κ3) is 5.86. The lowest BCUT2D eigenvalue weighted by molar-refractivity contribution is 0.0856. The first-order valence-electron chi connectivity index (χ1n) is 14.7. The third-order valence-corrected chi connectivity index (χ3v) is 8.39. The molecule has 0 spiro atoms. The van der Waals surface area contributed by atoms with E-state index in [0.29, 0.717) is 0 Å². The number of hydrogen-bond donors (Lipinski definition) is 0. The van der Waals surface area contributed by atoms with Gasteiger partial charge in [0.25, 0.3) is 0 Å². The summed E-state index contributed by atoms with van der Waals surface area (Å²) in [6, 6.07) is 44.3. The Kier molecular flexibility index (Phi) is 8.33. The van der Waals surface area contributed by atoms with Gasteiger partial charge in [-0.05, 0) is 60.8 Å². The smallest absolute Gasteiger partial charge is 0.0727 e. The van der Waals surface area contributed by atoms with E-state index in [4.69, 9.17) is 10.2 Å². The zero-order valence-electron chi connectivity index (χ0n) is 23.0. The third-order valence-electron chi connectivity index (χ3n) is 8.39. The number of hydrogen-bond acceptors (Lipinski definition) is 4. The number of rotatable bonds is 7. The van der Waals surface area contributed by atoms with Gasteiger partial charge in [0.15, 0.2) is 0 Å².